The molecule has 1 unspecified atom stereocenters. The molecule has 1 N–H and O–H groups in total. The number of piperidine rings is 1. The highest BCUT2D eigenvalue weighted by Gasteiger charge is 2.28. The number of benzene rings is 3. The second-order valence-electron chi connectivity index (χ2n) is 10.9. The zero-order valence-electron chi connectivity index (χ0n) is 24.9. The van der Waals surface area contributed by atoms with E-state index in [1.54, 1.807) is 24.3 Å². The summed E-state index contributed by atoms with van der Waals surface area (Å²) in [7, 11) is -3.29. The maximum Gasteiger partial charge on any atom is 0.413 e. The van der Waals surface area contributed by atoms with Crippen molar-refractivity contribution in [3.8, 4) is 5.75 Å². The lowest BCUT2D eigenvalue weighted by Gasteiger charge is -2.38. The molecular weight excluding hydrogens is 584 g/mol. The van der Waals surface area contributed by atoms with Gasteiger partial charge in [0.15, 0.2) is 9.84 Å². The van der Waals surface area contributed by atoms with Gasteiger partial charge in [0.1, 0.15) is 5.75 Å². The van der Waals surface area contributed by atoms with Gasteiger partial charge in [-0.05, 0) is 61.6 Å². The Kier molecular flexibility index (Phi) is 11.1. The maximum absolute atomic E-state index is 13.2. The molecule has 3 aromatic rings. The van der Waals surface area contributed by atoms with Crippen LogP contribution in [0.25, 0.3) is 0 Å². The highest BCUT2D eigenvalue weighted by Crippen LogP contribution is 2.23. The molecule has 1 aliphatic heterocycles. The van der Waals surface area contributed by atoms with Gasteiger partial charge in [-0.15, -0.1) is 0 Å². The fourth-order valence-electron chi connectivity index (χ4n) is 5.46. The van der Waals surface area contributed by atoms with Crippen LogP contribution in [0.15, 0.2) is 83.8 Å². The first kappa shape index (κ1) is 32.6. The van der Waals surface area contributed by atoms with Gasteiger partial charge in [0.2, 0.25) is 5.91 Å². The second-order valence-corrected chi connectivity index (χ2v) is 12.9. The summed E-state index contributed by atoms with van der Waals surface area (Å²) in [4.78, 5) is 40.8. The predicted molar refractivity (Wildman–Crippen MR) is 166 cm³/mol. The third-order valence-corrected chi connectivity index (χ3v) is 8.98. The Labute approximate surface area is 257 Å². The molecule has 44 heavy (non-hydrogen) atoms. The van der Waals surface area contributed by atoms with Crippen molar-refractivity contribution < 1.29 is 27.7 Å². The van der Waals surface area contributed by atoms with Crippen LogP contribution >= 0.6 is 0 Å². The minimum absolute atomic E-state index is 0.0259. The number of hydrogen-bond donors (Lipinski definition) is 1. The molecule has 0 spiro atoms. The molecule has 3 aromatic carbocycles. The number of rotatable bonds is 12. The fourth-order valence-corrected chi connectivity index (χ4v) is 6.09. The Morgan fingerprint density at radius 2 is 1.66 bits per heavy atom. The third-order valence-electron chi connectivity index (χ3n) is 7.85. The molecule has 1 atom stereocenters. The number of ether oxygens (including phenoxy) is 1. The van der Waals surface area contributed by atoms with E-state index in [0.717, 1.165) is 49.9 Å². The lowest BCUT2D eigenvalue weighted by Crippen LogP contribution is -2.48. The van der Waals surface area contributed by atoms with Crippen LogP contribution in [-0.4, -0.2) is 73.6 Å². The largest absolute Gasteiger partial charge is 0.413 e. The van der Waals surface area contributed by atoms with Gasteiger partial charge in [-0.1, -0.05) is 42.5 Å². The third kappa shape index (κ3) is 9.10. The minimum Gasteiger partial charge on any atom is -0.410 e. The number of likely N-dealkylation sites (tertiary alicyclic amines) is 1. The van der Waals surface area contributed by atoms with E-state index in [9.17, 15) is 28.1 Å². The van der Waals surface area contributed by atoms with Gasteiger partial charge in [0.05, 0.1) is 22.3 Å². The lowest BCUT2D eigenvalue weighted by molar-refractivity contribution is -0.384. The van der Waals surface area contributed by atoms with Crippen molar-refractivity contribution in [1.82, 2.24) is 15.1 Å². The van der Waals surface area contributed by atoms with E-state index < -0.39 is 20.9 Å². The number of nitrogens with zero attached hydrogens (tertiary/aromatic N) is 3. The van der Waals surface area contributed by atoms with Crippen LogP contribution in [0.4, 0.5) is 10.5 Å². The number of nitro benzene ring substituents is 1. The Hall–Kier alpha value is -4.29. The van der Waals surface area contributed by atoms with E-state index in [4.69, 9.17) is 4.74 Å². The molecule has 1 aliphatic rings. The van der Waals surface area contributed by atoms with Crippen molar-refractivity contribution in [2.75, 3.05) is 32.4 Å². The van der Waals surface area contributed by atoms with E-state index in [1.165, 1.54) is 24.3 Å². The summed E-state index contributed by atoms with van der Waals surface area (Å²) in [6.07, 6.45) is 3.04. The number of sulfone groups is 1. The Balaban J connectivity index is 1.29. The van der Waals surface area contributed by atoms with Gasteiger partial charge in [-0.3, -0.25) is 14.9 Å². The van der Waals surface area contributed by atoms with Gasteiger partial charge in [0.25, 0.3) is 5.69 Å². The summed E-state index contributed by atoms with van der Waals surface area (Å²) in [5.41, 5.74) is 1.64. The topological polar surface area (TPSA) is 139 Å². The first-order chi connectivity index (χ1) is 21.0. The van der Waals surface area contributed by atoms with Crippen LogP contribution in [0.3, 0.4) is 0 Å². The highest BCUT2D eigenvalue weighted by atomic mass is 32.2. The number of nitro groups is 1. The summed E-state index contributed by atoms with van der Waals surface area (Å²) >= 11 is 0. The average Bonchev–Trinajstić information content (AvgIpc) is 3.01. The van der Waals surface area contributed by atoms with Crippen LogP contribution in [0.1, 0.15) is 43.4 Å². The number of carbonyl (C=O) groups is 2. The van der Waals surface area contributed by atoms with E-state index in [0.29, 0.717) is 13.0 Å². The summed E-state index contributed by atoms with van der Waals surface area (Å²) in [5.74, 6) is 0.237. The highest BCUT2D eigenvalue weighted by molar-refractivity contribution is 7.90. The van der Waals surface area contributed by atoms with Crippen LogP contribution in [-0.2, 0) is 21.1 Å². The van der Waals surface area contributed by atoms with Crippen LogP contribution in [0.5, 0.6) is 5.75 Å². The van der Waals surface area contributed by atoms with Gasteiger partial charge >= 0.3 is 6.09 Å². The van der Waals surface area contributed by atoms with E-state index in [-0.39, 0.29) is 40.7 Å². The number of nitrogens with one attached hydrogen (secondary N) is 1. The molecule has 0 saturated carbocycles. The molecular formula is C32H38N4O7S. The van der Waals surface area contributed by atoms with Crippen molar-refractivity contribution in [2.45, 2.75) is 49.6 Å². The monoisotopic (exact) mass is 622 g/mol. The minimum atomic E-state index is -3.29. The van der Waals surface area contributed by atoms with Crippen molar-refractivity contribution in [2.24, 2.45) is 0 Å². The van der Waals surface area contributed by atoms with Crippen molar-refractivity contribution in [1.29, 1.82) is 0 Å². The van der Waals surface area contributed by atoms with Crippen molar-refractivity contribution in [3.63, 3.8) is 0 Å². The summed E-state index contributed by atoms with van der Waals surface area (Å²) in [5, 5.41) is 13.8. The van der Waals surface area contributed by atoms with E-state index in [2.05, 4.69) is 10.2 Å². The number of non-ortho nitro benzene ring substituents is 1. The van der Waals surface area contributed by atoms with Crippen LogP contribution in [0.2, 0.25) is 0 Å². The van der Waals surface area contributed by atoms with Gasteiger partial charge in [0, 0.05) is 50.6 Å². The Bertz CT molecular complexity index is 1520. The molecule has 12 heteroatoms. The molecule has 234 valence electrons. The quantitative estimate of drug-likeness (QED) is 0.225. The van der Waals surface area contributed by atoms with Gasteiger partial charge in [-0.25, -0.2) is 13.2 Å². The zero-order chi connectivity index (χ0) is 31.7. The molecule has 0 bridgehead atoms. The molecule has 11 nitrogen and oxygen atoms in total. The van der Waals surface area contributed by atoms with E-state index >= 15 is 0 Å². The zero-order valence-corrected chi connectivity index (χ0v) is 25.7. The number of amides is 2. The molecule has 1 saturated heterocycles. The van der Waals surface area contributed by atoms with Crippen molar-refractivity contribution >= 4 is 27.5 Å². The Morgan fingerprint density at radius 3 is 2.23 bits per heavy atom. The standard InChI is InChI=1S/C32H38N4O7S/c1-3-35(31(37)23-24-9-15-29(16-10-24)44(2,41)42)26-17-20-34(21-18-26)22-19-30(25-7-5-4-6-8-25)33-32(38)43-28-13-11-27(12-14-28)36(39)40/h4-16,26,30H,3,17-23H2,1-2H3,(H,33,38). The van der Waals surface area contributed by atoms with Crippen LogP contribution in [0, 0.1) is 10.1 Å². The number of likely N-dealkylation sites (N-methyl/N-ethyl adjacent to an activating group) is 1. The lowest BCUT2D eigenvalue weighted by atomic mass is 10.00. The summed E-state index contributed by atoms with van der Waals surface area (Å²) < 4.78 is 28.8. The first-order valence-corrected chi connectivity index (χ1v) is 16.5. The Morgan fingerprint density at radius 1 is 1.02 bits per heavy atom. The molecule has 2 amide bonds. The van der Waals surface area contributed by atoms with Gasteiger partial charge in [-0.2, -0.15) is 0 Å². The van der Waals surface area contributed by atoms with Gasteiger partial charge < -0.3 is 19.9 Å². The molecule has 0 radical (unpaired) electrons. The van der Waals surface area contributed by atoms with Crippen LogP contribution < -0.4 is 10.1 Å². The SMILES string of the molecule is CCN(C(=O)Cc1ccc(S(C)(=O)=O)cc1)C1CCN(CCC(NC(=O)Oc2ccc([N+](=O)[O-])cc2)c2ccccc2)CC1. The maximum atomic E-state index is 13.2. The first-order valence-electron chi connectivity index (χ1n) is 14.6. The molecule has 1 heterocycles. The molecule has 0 aliphatic carbocycles. The van der Waals surface area contributed by atoms with E-state index in [1.807, 2.05) is 42.2 Å². The summed E-state index contributed by atoms with van der Waals surface area (Å²) in [6, 6.07) is 21.3. The smallest absolute Gasteiger partial charge is 0.410 e. The molecule has 0 aromatic heterocycles. The normalized spacial score (nSPS) is 14.9. The fraction of sp³-hybridized carbons (Fsp3) is 0.375. The summed E-state index contributed by atoms with van der Waals surface area (Å²) in [6.45, 7) is 4.93. The predicted octanol–water partition coefficient (Wildman–Crippen LogP) is 4.77. The molecule has 4 rings (SSSR count). The second kappa shape index (κ2) is 14.9. The van der Waals surface area contributed by atoms with Crippen molar-refractivity contribution in [3.05, 3.63) is 100 Å². The number of carbonyl (C=O) groups excluding carboxylic acids is 2. The molecule has 1 fully saturated rings. The number of hydrogen-bond acceptors (Lipinski definition) is 8. The average molecular weight is 623 g/mol.